The smallest absolute Gasteiger partial charge is 0.0778 e. The summed E-state index contributed by atoms with van der Waals surface area (Å²) in [5.41, 5.74) is 2.99. The van der Waals surface area contributed by atoms with E-state index in [1.165, 1.54) is 0 Å². The van der Waals surface area contributed by atoms with Crippen LogP contribution in [0.4, 0.5) is 0 Å². The summed E-state index contributed by atoms with van der Waals surface area (Å²) in [5, 5.41) is 21.5. The number of benzene rings is 1. The maximum atomic E-state index is 9.20. The lowest BCUT2D eigenvalue weighted by Gasteiger charge is -2.11. The van der Waals surface area contributed by atoms with E-state index in [-0.39, 0.29) is 12.6 Å². The molecule has 0 spiro atoms. The lowest BCUT2D eigenvalue weighted by Crippen LogP contribution is -2.07. The molecule has 0 aliphatic carbocycles. The number of hydrogen-bond acceptors (Lipinski definition) is 3. The third-order valence-electron chi connectivity index (χ3n) is 3.21. The van der Waals surface area contributed by atoms with E-state index < -0.39 is 0 Å². The fourth-order valence-corrected chi connectivity index (χ4v) is 2.12. The minimum Gasteiger partial charge on any atom is -0.392 e. The Hall–Kier alpha value is -2.14. The van der Waals surface area contributed by atoms with Crippen LogP contribution in [0.5, 0.6) is 0 Å². The third kappa shape index (κ3) is 1.69. The highest BCUT2D eigenvalue weighted by molar-refractivity contribution is 5.79. The number of rotatable bonds is 3. The van der Waals surface area contributed by atoms with E-state index in [2.05, 4.69) is 22.2 Å². The van der Waals surface area contributed by atoms with Crippen LogP contribution in [0.1, 0.15) is 24.1 Å². The monoisotopic (exact) mass is 242 g/mol. The average molecular weight is 242 g/mol. The molecule has 0 aliphatic rings. The molecule has 0 saturated carbocycles. The van der Waals surface area contributed by atoms with Crippen molar-refractivity contribution in [3.8, 4) is 0 Å². The summed E-state index contributed by atoms with van der Waals surface area (Å²) in [6.07, 6.45) is 5.51. The van der Waals surface area contributed by atoms with Gasteiger partial charge in [-0.2, -0.15) is 10.2 Å². The van der Waals surface area contributed by atoms with Crippen LogP contribution in [-0.2, 0) is 6.61 Å². The topological polar surface area (TPSA) is 66.7 Å². The first-order valence-electron chi connectivity index (χ1n) is 5.85. The van der Waals surface area contributed by atoms with E-state index in [0.717, 1.165) is 22.0 Å². The van der Waals surface area contributed by atoms with Crippen molar-refractivity contribution in [2.75, 3.05) is 0 Å². The summed E-state index contributed by atoms with van der Waals surface area (Å²) < 4.78 is 1.94. The van der Waals surface area contributed by atoms with Crippen LogP contribution in [-0.4, -0.2) is 25.1 Å². The predicted molar refractivity (Wildman–Crippen MR) is 68.1 cm³/mol. The molecular weight excluding hydrogens is 228 g/mol. The van der Waals surface area contributed by atoms with Gasteiger partial charge in [0.1, 0.15) is 0 Å². The van der Waals surface area contributed by atoms with Crippen molar-refractivity contribution in [3.05, 3.63) is 47.9 Å². The zero-order valence-corrected chi connectivity index (χ0v) is 10.0. The first kappa shape index (κ1) is 11.0. The SMILES string of the molecule is CC(c1cn[nH]c1)n1ncc2ccc(CO)cc21. The Balaban J connectivity index is 2.11. The van der Waals surface area contributed by atoms with Gasteiger partial charge in [-0.25, -0.2) is 0 Å². The number of nitrogens with zero attached hydrogens (tertiary/aromatic N) is 3. The van der Waals surface area contributed by atoms with Crippen LogP contribution in [0.15, 0.2) is 36.8 Å². The Kier molecular flexibility index (Phi) is 2.60. The summed E-state index contributed by atoms with van der Waals surface area (Å²) in [6, 6.07) is 5.97. The van der Waals surface area contributed by atoms with Crippen molar-refractivity contribution in [3.63, 3.8) is 0 Å². The van der Waals surface area contributed by atoms with Gasteiger partial charge in [0, 0.05) is 17.1 Å². The number of aromatic nitrogens is 4. The third-order valence-corrected chi connectivity index (χ3v) is 3.21. The predicted octanol–water partition coefficient (Wildman–Crippen LogP) is 1.86. The Labute approximate surface area is 104 Å². The van der Waals surface area contributed by atoms with Gasteiger partial charge in [0.05, 0.1) is 30.6 Å². The molecule has 2 aromatic heterocycles. The molecule has 0 aliphatic heterocycles. The molecule has 0 amide bonds. The number of hydrogen-bond donors (Lipinski definition) is 2. The molecule has 18 heavy (non-hydrogen) atoms. The van der Waals surface area contributed by atoms with Crippen molar-refractivity contribution in [1.29, 1.82) is 0 Å². The molecule has 5 heteroatoms. The number of aliphatic hydroxyl groups excluding tert-OH is 1. The highest BCUT2D eigenvalue weighted by Gasteiger charge is 2.13. The van der Waals surface area contributed by atoms with Crippen LogP contribution in [0.2, 0.25) is 0 Å². The molecule has 0 fully saturated rings. The maximum absolute atomic E-state index is 9.20. The van der Waals surface area contributed by atoms with Gasteiger partial charge in [0.15, 0.2) is 0 Å². The fourth-order valence-electron chi connectivity index (χ4n) is 2.12. The highest BCUT2D eigenvalue weighted by atomic mass is 16.3. The molecule has 1 atom stereocenters. The minimum atomic E-state index is 0.0429. The van der Waals surface area contributed by atoms with Gasteiger partial charge in [-0.1, -0.05) is 12.1 Å². The molecule has 1 aromatic carbocycles. The van der Waals surface area contributed by atoms with Crippen LogP contribution < -0.4 is 0 Å². The Bertz CT molecular complexity index is 657. The van der Waals surface area contributed by atoms with Gasteiger partial charge in [-0.3, -0.25) is 9.78 Å². The summed E-state index contributed by atoms with van der Waals surface area (Å²) >= 11 is 0. The van der Waals surface area contributed by atoms with Crippen molar-refractivity contribution >= 4 is 10.9 Å². The molecule has 2 N–H and O–H groups in total. The lowest BCUT2D eigenvalue weighted by molar-refractivity contribution is 0.282. The number of H-pyrrole nitrogens is 1. The fraction of sp³-hybridized carbons (Fsp3) is 0.231. The van der Waals surface area contributed by atoms with E-state index in [1.54, 1.807) is 6.20 Å². The minimum absolute atomic E-state index is 0.0429. The number of aliphatic hydroxyl groups is 1. The number of fused-ring (bicyclic) bond motifs is 1. The Morgan fingerprint density at radius 3 is 3.00 bits per heavy atom. The van der Waals surface area contributed by atoms with Crippen molar-refractivity contribution in [1.82, 2.24) is 20.0 Å². The summed E-state index contributed by atoms with van der Waals surface area (Å²) in [6.45, 7) is 2.12. The van der Waals surface area contributed by atoms with E-state index in [1.807, 2.05) is 35.3 Å². The van der Waals surface area contributed by atoms with Crippen molar-refractivity contribution in [2.24, 2.45) is 0 Å². The van der Waals surface area contributed by atoms with E-state index >= 15 is 0 Å². The maximum Gasteiger partial charge on any atom is 0.0778 e. The highest BCUT2D eigenvalue weighted by Crippen LogP contribution is 2.23. The van der Waals surface area contributed by atoms with E-state index in [4.69, 9.17) is 0 Å². The molecule has 0 bridgehead atoms. The number of nitrogens with one attached hydrogen (secondary N) is 1. The largest absolute Gasteiger partial charge is 0.392 e. The Morgan fingerprint density at radius 2 is 2.28 bits per heavy atom. The average Bonchev–Trinajstić information content (AvgIpc) is 3.06. The van der Waals surface area contributed by atoms with Crippen molar-refractivity contribution < 1.29 is 5.11 Å². The van der Waals surface area contributed by atoms with Crippen LogP contribution in [0.3, 0.4) is 0 Å². The molecular formula is C13H14N4O. The molecule has 3 rings (SSSR count). The molecule has 5 nitrogen and oxygen atoms in total. The molecule has 0 saturated heterocycles. The molecule has 3 aromatic rings. The van der Waals surface area contributed by atoms with Gasteiger partial charge in [0.25, 0.3) is 0 Å². The van der Waals surface area contributed by atoms with Crippen LogP contribution in [0.25, 0.3) is 10.9 Å². The molecule has 92 valence electrons. The second kappa shape index (κ2) is 4.27. The zero-order chi connectivity index (χ0) is 12.5. The van der Waals surface area contributed by atoms with Gasteiger partial charge in [-0.05, 0) is 18.6 Å². The van der Waals surface area contributed by atoms with Crippen LogP contribution >= 0.6 is 0 Å². The standard InChI is InChI=1S/C13H14N4O/c1-9(12-5-14-15-6-12)17-13-4-10(8-18)2-3-11(13)7-16-17/h2-7,9,18H,8H2,1H3,(H,14,15). The van der Waals surface area contributed by atoms with Gasteiger partial charge in [-0.15, -0.1) is 0 Å². The van der Waals surface area contributed by atoms with Gasteiger partial charge >= 0.3 is 0 Å². The van der Waals surface area contributed by atoms with E-state index in [0.29, 0.717) is 0 Å². The molecule has 1 unspecified atom stereocenters. The quantitative estimate of drug-likeness (QED) is 0.736. The van der Waals surface area contributed by atoms with Crippen LogP contribution in [0, 0.1) is 0 Å². The first-order valence-corrected chi connectivity index (χ1v) is 5.85. The summed E-state index contributed by atoms with van der Waals surface area (Å²) in [5.74, 6) is 0. The summed E-state index contributed by atoms with van der Waals surface area (Å²) in [4.78, 5) is 0. The zero-order valence-electron chi connectivity index (χ0n) is 10.0. The van der Waals surface area contributed by atoms with Gasteiger partial charge < -0.3 is 5.11 Å². The second-order valence-electron chi connectivity index (χ2n) is 4.35. The number of aromatic amines is 1. The molecule has 0 radical (unpaired) electrons. The Morgan fingerprint density at radius 1 is 1.39 bits per heavy atom. The summed E-state index contributed by atoms with van der Waals surface area (Å²) in [7, 11) is 0. The second-order valence-corrected chi connectivity index (χ2v) is 4.35. The normalized spacial score (nSPS) is 13.0. The molecule has 2 heterocycles. The van der Waals surface area contributed by atoms with Gasteiger partial charge in [0.2, 0.25) is 0 Å². The first-order chi connectivity index (χ1) is 8.79. The van der Waals surface area contributed by atoms with Crippen molar-refractivity contribution in [2.45, 2.75) is 19.6 Å². The lowest BCUT2D eigenvalue weighted by atomic mass is 10.1. The van der Waals surface area contributed by atoms with E-state index in [9.17, 15) is 5.11 Å².